The van der Waals surface area contributed by atoms with Gasteiger partial charge in [0.05, 0.1) is 0 Å². The van der Waals surface area contributed by atoms with Crippen LogP contribution >= 0.6 is 12.6 Å². The molecule has 0 aliphatic heterocycles. The number of rotatable bonds is 5. The van der Waals surface area contributed by atoms with Crippen molar-refractivity contribution < 1.29 is 0 Å². The quantitative estimate of drug-likeness (QED) is 0.372. The summed E-state index contributed by atoms with van der Waals surface area (Å²) in [6.07, 6.45) is 15.4. The molecule has 0 bridgehead atoms. The van der Waals surface area contributed by atoms with Crippen LogP contribution in [0.1, 0.15) is 77.6 Å². The van der Waals surface area contributed by atoms with Gasteiger partial charge in [-0.3, -0.25) is 0 Å². The molecule has 0 unspecified atom stereocenters. The fraction of sp³-hybridized carbons (Fsp3) is 1.00. The molecule has 0 heterocycles. The van der Waals surface area contributed by atoms with Crippen molar-refractivity contribution in [2.24, 2.45) is 0 Å². The second-order valence-corrected chi connectivity index (χ2v) is 5.90. The lowest BCUT2D eigenvalue weighted by molar-refractivity contribution is 0.453. The van der Waals surface area contributed by atoms with Crippen molar-refractivity contribution in [3.63, 3.8) is 0 Å². The van der Waals surface area contributed by atoms with E-state index in [1.165, 1.54) is 70.6 Å². The Morgan fingerprint density at radius 3 is 2.14 bits per heavy atom. The molecule has 0 atom stereocenters. The second kappa shape index (κ2) is 6.76. The first-order valence-corrected chi connectivity index (χ1v) is 6.94. The van der Waals surface area contributed by atoms with Gasteiger partial charge >= 0.3 is 0 Å². The van der Waals surface area contributed by atoms with Gasteiger partial charge in [0.1, 0.15) is 0 Å². The van der Waals surface area contributed by atoms with Crippen LogP contribution in [-0.2, 0) is 0 Å². The van der Waals surface area contributed by atoms with Crippen LogP contribution in [0.2, 0.25) is 0 Å². The monoisotopic (exact) mass is 214 g/mol. The lowest BCUT2D eigenvalue weighted by atomic mass is 9.92. The highest BCUT2D eigenvalue weighted by Gasteiger charge is 2.25. The Bertz CT molecular complexity index is 134. The van der Waals surface area contributed by atoms with E-state index in [4.69, 9.17) is 12.6 Å². The zero-order chi connectivity index (χ0) is 10.3. The molecule has 1 rings (SSSR count). The zero-order valence-corrected chi connectivity index (χ0v) is 10.6. The van der Waals surface area contributed by atoms with Gasteiger partial charge in [0.15, 0.2) is 0 Å². The SMILES string of the molecule is CCCCCCC1(S)CCCCCC1. The maximum atomic E-state index is 4.92. The molecule has 0 aromatic rings. The van der Waals surface area contributed by atoms with Gasteiger partial charge in [0, 0.05) is 4.75 Å². The van der Waals surface area contributed by atoms with E-state index in [1.807, 2.05) is 0 Å². The third-order valence-electron chi connectivity index (χ3n) is 3.53. The minimum Gasteiger partial charge on any atom is -0.173 e. The maximum absolute atomic E-state index is 4.92. The Labute approximate surface area is 95.3 Å². The van der Waals surface area contributed by atoms with Crippen LogP contribution in [0.25, 0.3) is 0 Å². The minimum absolute atomic E-state index is 0.407. The first kappa shape index (κ1) is 12.4. The predicted octanol–water partition coefficient (Wildman–Crippen LogP) is 4.98. The minimum atomic E-state index is 0.407. The Kier molecular flexibility index (Phi) is 6.00. The summed E-state index contributed by atoms with van der Waals surface area (Å²) in [5.41, 5.74) is 0. The van der Waals surface area contributed by atoms with E-state index in [9.17, 15) is 0 Å². The first-order valence-electron chi connectivity index (χ1n) is 6.49. The molecule has 1 saturated carbocycles. The smallest absolute Gasteiger partial charge is 0.0130 e. The highest BCUT2D eigenvalue weighted by molar-refractivity contribution is 7.81. The molecular formula is C13H26S. The van der Waals surface area contributed by atoms with E-state index >= 15 is 0 Å². The zero-order valence-electron chi connectivity index (χ0n) is 9.73. The Morgan fingerprint density at radius 1 is 0.929 bits per heavy atom. The predicted molar refractivity (Wildman–Crippen MR) is 68.2 cm³/mol. The average molecular weight is 214 g/mol. The van der Waals surface area contributed by atoms with Gasteiger partial charge < -0.3 is 0 Å². The topological polar surface area (TPSA) is 0 Å². The lowest BCUT2D eigenvalue weighted by Gasteiger charge is -2.26. The Balaban J connectivity index is 2.17. The standard InChI is InChI=1S/C13H26S/c1-2-3-4-7-10-13(14)11-8-5-6-9-12-13/h14H,2-12H2,1H3. The van der Waals surface area contributed by atoms with Gasteiger partial charge in [-0.2, -0.15) is 12.6 Å². The van der Waals surface area contributed by atoms with E-state index in [0.29, 0.717) is 4.75 Å². The molecule has 1 fully saturated rings. The number of hydrogen-bond acceptors (Lipinski definition) is 1. The number of unbranched alkanes of at least 4 members (excludes halogenated alkanes) is 3. The van der Waals surface area contributed by atoms with Gasteiger partial charge in [0.25, 0.3) is 0 Å². The van der Waals surface area contributed by atoms with Crippen LogP contribution in [-0.4, -0.2) is 4.75 Å². The third kappa shape index (κ3) is 4.72. The number of hydrogen-bond donors (Lipinski definition) is 1. The van der Waals surface area contributed by atoms with E-state index in [2.05, 4.69) is 6.92 Å². The molecule has 1 aliphatic carbocycles. The van der Waals surface area contributed by atoms with E-state index in [0.717, 1.165) is 0 Å². The first-order chi connectivity index (χ1) is 6.77. The summed E-state index contributed by atoms with van der Waals surface area (Å²) in [7, 11) is 0. The average Bonchev–Trinajstić information content (AvgIpc) is 2.39. The van der Waals surface area contributed by atoms with Crippen LogP contribution < -0.4 is 0 Å². The van der Waals surface area contributed by atoms with Crippen LogP contribution in [0.15, 0.2) is 0 Å². The fourth-order valence-corrected chi connectivity index (χ4v) is 2.99. The highest BCUT2D eigenvalue weighted by atomic mass is 32.1. The van der Waals surface area contributed by atoms with E-state index < -0.39 is 0 Å². The van der Waals surface area contributed by atoms with Gasteiger partial charge in [0.2, 0.25) is 0 Å². The maximum Gasteiger partial charge on any atom is 0.0130 e. The molecule has 14 heavy (non-hydrogen) atoms. The molecule has 1 heteroatoms. The van der Waals surface area contributed by atoms with Crippen molar-refractivity contribution in [2.45, 2.75) is 82.3 Å². The van der Waals surface area contributed by atoms with Crippen LogP contribution in [0.3, 0.4) is 0 Å². The summed E-state index contributed by atoms with van der Waals surface area (Å²) in [6.45, 7) is 2.28. The fourth-order valence-electron chi connectivity index (χ4n) is 2.52. The molecule has 1 aliphatic rings. The van der Waals surface area contributed by atoms with Crippen molar-refractivity contribution in [1.82, 2.24) is 0 Å². The van der Waals surface area contributed by atoms with Crippen LogP contribution in [0.5, 0.6) is 0 Å². The van der Waals surface area contributed by atoms with Crippen molar-refractivity contribution in [3.05, 3.63) is 0 Å². The summed E-state index contributed by atoms with van der Waals surface area (Å²) < 4.78 is 0.407. The van der Waals surface area contributed by atoms with Crippen LogP contribution in [0, 0.1) is 0 Å². The highest BCUT2D eigenvalue weighted by Crippen LogP contribution is 2.36. The van der Waals surface area contributed by atoms with Crippen molar-refractivity contribution in [3.8, 4) is 0 Å². The van der Waals surface area contributed by atoms with Gasteiger partial charge in [-0.05, 0) is 19.3 Å². The molecule has 0 radical (unpaired) electrons. The van der Waals surface area contributed by atoms with Crippen molar-refractivity contribution in [1.29, 1.82) is 0 Å². The molecule has 0 spiro atoms. The molecule has 84 valence electrons. The molecule has 0 nitrogen and oxygen atoms in total. The van der Waals surface area contributed by atoms with Gasteiger partial charge in [-0.1, -0.05) is 58.3 Å². The molecule has 0 saturated heterocycles. The Morgan fingerprint density at radius 2 is 1.57 bits per heavy atom. The molecule has 0 N–H and O–H groups in total. The third-order valence-corrected chi connectivity index (χ3v) is 4.20. The van der Waals surface area contributed by atoms with E-state index in [-0.39, 0.29) is 0 Å². The Hall–Kier alpha value is 0.350. The van der Waals surface area contributed by atoms with Gasteiger partial charge in [-0.15, -0.1) is 0 Å². The van der Waals surface area contributed by atoms with Crippen molar-refractivity contribution >= 4 is 12.6 Å². The molecule has 0 aromatic heterocycles. The summed E-state index contributed by atoms with van der Waals surface area (Å²) >= 11 is 4.92. The van der Waals surface area contributed by atoms with Crippen molar-refractivity contribution in [2.75, 3.05) is 0 Å². The molecule has 0 amide bonds. The van der Waals surface area contributed by atoms with E-state index in [1.54, 1.807) is 0 Å². The van der Waals surface area contributed by atoms with Gasteiger partial charge in [-0.25, -0.2) is 0 Å². The molecule has 0 aromatic carbocycles. The molecular weight excluding hydrogens is 188 g/mol. The lowest BCUT2D eigenvalue weighted by Crippen LogP contribution is -2.20. The van der Waals surface area contributed by atoms with Crippen LogP contribution in [0.4, 0.5) is 0 Å². The summed E-state index contributed by atoms with van der Waals surface area (Å²) in [4.78, 5) is 0. The largest absolute Gasteiger partial charge is 0.173 e. The number of thiol groups is 1. The normalized spacial score (nSPS) is 21.9. The second-order valence-electron chi connectivity index (χ2n) is 4.95. The summed E-state index contributed by atoms with van der Waals surface area (Å²) in [5, 5.41) is 0. The summed E-state index contributed by atoms with van der Waals surface area (Å²) in [5.74, 6) is 0. The summed E-state index contributed by atoms with van der Waals surface area (Å²) in [6, 6.07) is 0.